The highest BCUT2D eigenvalue weighted by molar-refractivity contribution is 6.31. The van der Waals surface area contributed by atoms with E-state index in [0.717, 1.165) is 5.69 Å². The van der Waals surface area contributed by atoms with Gasteiger partial charge in [0.05, 0.1) is 17.3 Å². The van der Waals surface area contributed by atoms with Crippen molar-refractivity contribution in [2.24, 2.45) is 0 Å². The van der Waals surface area contributed by atoms with Gasteiger partial charge in [-0.25, -0.2) is 4.39 Å². The molecule has 0 aliphatic rings. The summed E-state index contributed by atoms with van der Waals surface area (Å²) in [5.41, 5.74) is 1.20. The van der Waals surface area contributed by atoms with Crippen LogP contribution in [0.1, 0.15) is 19.0 Å². The number of nitrogens with one attached hydrogen (secondary N) is 1. The van der Waals surface area contributed by atoms with Gasteiger partial charge in [0.2, 0.25) is 11.8 Å². The number of carbonyl (C=O) groups excluding carboxylic acids is 2. The third-order valence-electron chi connectivity index (χ3n) is 3.35. The summed E-state index contributed by atoms with van der Waals surface area (Å²) in [5, 5.41) is 2.67. The lowest BCUT2D eigenvalue weighted by Gasteiger charge is -2.21. The van der Waals surface area contributed by atoms with Gasteiger partial charge in [0.1, 0.15) is 5.82 Å². The molecule has 126 valence electrons. The molecule has 1 aromatic heterocycles. The van der Waals surface area contributed by atoms with Gasteiger partial charge in [0.15, 0.2) is 0 Å². The Labute approximate surface area is 144 Å². The molecule has 0 aliphatic carbocycles. The highest BCUT2D eigenvalue weighted by Crippen LogP contribution is 2.23. The van der Waals surface area contributed by atoms with E-state index in [9.17, 15) is 14.0 Å². The minimum atomic E-state index is -0.558. The molecule has 2 aromatic rings. The molecule has 0 bridgehead atoms. The van der Waals surface area contributed by atoms with E-state index < -0.39 is 5.82 Å². The Hall–Kier alpha value is -2.47. The van der Waals surface area contributed by atoms with Crippen molar-refractivity contribution in [3.8, 4) is 0 Å². The van der Waals surface area contributed by atoms with E-state index in [4.69, 9.17) is 11.6 Å². The van der Waals surface area contributed by atoms with E-state index in [1.165, 1.54) is 30.0 Å². The third kappa shape index (κ3) is 5.03. The number of hydrogen-bond acceptors (Lipinski definition) is 3. The van der Waals surface area contributed by atoms with Gasteiger partial charge in [-0.05, 0) is 30.3 Å². The highest BCUT2D eigenvalue weighted by atomic mass is 35.5. The first-order chi connectivity index (χ1) is 11.5. The number of halogens is 2. The van der Waals surface area contributed by atoms with E-state index in [1.807, 2.05) is 12.1 Å². The summed E-state index contributed by atoms with van der Waals surface area (Å²) in [6, 6.07) is 9.45. The molecule has 1 N–H and O–H groups in total. The molecule has 2 amide bonds. The Balaban J connectivity index is 1.92. The summed E-state index contributed by atoms with van der Waals surface area (Å²) in [4.78, 5) is 29.2. The second-order valence-electron chi connectivity index (χ2n) is 5.12. The molecule has 0 spiro atoms. The summed E-state index contributed by atoms with van der Waals surface area (Å²) in [7, 11) is 0. The summed E-state index contributed by atoms with van der Waals surface area (Å²) in [5.74, 6) is -1.02. The normalized spacial score (nSPS) is 10.3. The predicted octanol–water partition coefficient (Wildman–Crippen LogP) is 2.93. The molecule has 2 rings (SSSR count). The maximum absolute atomic E-state index is 13.2. The molecular formula is C17H17ClFN3O2. The SMILES string of the molecule is CC(=O)N(CCC(=O)NCc1ccccn1)c1ccc(F)c(Cl)c1. The molecule has 7 heteroatoms. The van der Waals surface area contributed by atoms with Gasteiger partial charge in [-0.2, -0.15) is 0 Å². The average Bonchev–Trinajstić information content (AvgIpc) is 2.57. The number of rotatable bonds is 6. The minimum absolute atomic E-state index is 0.0710. The van der Waals surface area contributed by atoms with Crippen LogP contribution < -0.4 is 10.2 Å². The van der Waals surface area contributed by atoms with Crippen LogP contribution in [0.4, 0.5) is 10.1 Å². The van der Waals surface area contributed by atoms with E-state index in [-0.39, 0.29) is 29.8 Å². The number of anilines is 1. The van der Waals surface area contributed by atoms with Crippen molar-refractivity contribution >= 4 is 29.1 Å². The van der Waals surface area contributed by atoms with E-state index in [1.54, 1.807) is 12.3 Å². The number of hydrogen-bond donors (Lipinski definition) is 1. The van der Waals surface area contributed by atoms with Crippen LogP contribution in [-0.4, -0.2) is 23.3 Å². The van der Waals surface area contributed by atoms with Gasteiger partial charge in [-0.15, -0.1) is 0 Å². The predicted molar refractivity (Wildman–Crippen MR) is 90.1 cm³/mol. The molecule has 0 radical (unpaired) electrons. The number of carbonyl (C=O) groups is 2. The monoisotopic (exact) mass is 349 g/mol. The average molecular weight is 350 g/mol. The summed E-state index contributed by atoms with van der Waals surface area (Å²) in [6.45, 7) is 1.87. The summed E-state index contributed by atoms with van der Waals surface area (Å²) < 4.78 is 13.2. The van der Waals surface area contributed by atoms with Gasteiger partial charge in [-0.3, -0.25) is 14.6 Å². The lowest BCUT2D eigenvalue weighted by molar-refractivity contribution is -0.121. The Morgan fingerprint density at radius 3 is 2.71 bits per heavy atom. The topological polar surface area (TPSA) is 62.3 Å². The number of amides is 2. The van der Waals surface area contributed by atoms with Gasteiger partial charge in [-0.1, -0.05) is 17.7 Å². The number of benzene rings is 1. The maximum atomic E-state index is 13.2. The second kappa shape index (κ2) is 8.40. The van der Waals surface area contributed by atoms with Gasteiger partial charge >= 0.3 is 0 Å². The van der Waals surface area contributed by atoms with Crippen molar-refractivity contribution in [1.29, 1.82) is 0 Å². The Morgan fingerprint density at radius 2 is 2.08 bits per heavy atom. The zero-order valence-corrected chi connectivity index (χ0v) is 13.9. The molecule has 0 saturated carbocycles. The summed E-state index contributed by atoms with van der Waals surface area (Å²) >= 11 is 5.74. The van der Waals surface area contributed by atoms with Crippen LogP contribution in [-0.2, 0) is 16.1 Å². The molecule has 5 nitrogen and oxygen atoms in total. The molecule has 0 atom stereocenters. The van der Waals surface area contributed by atoms with Crippen LogP contribution in [0.3, 0.4) is 0 Å². The summed E-state index contributed by atoms with van der Waals surface area (Å²) in [6.07, 6.45) is 1.76. The lowest BCUT2D eigenvalue weighted by atomic mass is 10.2. The molecule has 0 aliphatic heterocycles. The number of aromatic nitrogens is 1. The van der Waals surface area contributed by atoms with Crippen LogP contribution in [0.25, 0.3) is 0 Å². The fourth-order valence-corrected chi connectivity index (χ4v) is 2.29. The van der Waals surface area contributed by atoms with Crippen LogP contribution in [0.15, 0.2) is 42.6 Å². The zero-order chi connectivity index (χ0) is 17.5. The molecule has 0 saturated heterocycles. The molecule has 1 aromatic carbocycles. The molecule has 0 fully saturated rings. The Bertz CT molecular complexity index is 725. The first-order valence-electron chi connectivity index (χ1n) is 7.37. The van der Waals surface area contributed by atoms with Crippen LogP contribution >= 0.6 is 11.6 Å². The van der Waals surface area contributed by atoms with Crippen LogP contribution in [0.5, 0.6) is 0 Å². The largest absolute Gasteiger partial charge is 0.350 e. The standard InChI is InChI=1S/C17H17ClFN3O2/c1-12(23)22(14-5-6-16(19)15(18)10-14)9-7-17(24)21-11-13-4-2-3-8-20-13/h2-6,8,10H,7,9,11H2,1H3,(H,21,24). The smallest absolute Gasteiger partial charge is 0.223 e. The van der Waals surface area contributed by atoms with Crippen molar-refractivity contribution < 1.29 is 14.0 Å². The fraction of sp³-hybridized carbons (Fsp3) is 0.235. The van der Waals surface area contributed by atoms with Gasteiger partial charge < -0.3 is 10.2 Å². The van der Waals surface area contributed by atoms with Crippen molar-refractivity contribution in [3.05, 3.63) is 59.1 Å². The van der Waals surface area contributed by atoms with Crippen molar-refractivity contribution in [3.63, 3.8) is 0 Å². The Kier molecular flexibility index (Phi) is 6.26. The molecular weight excluding hydrogens is 333 g/mol. The molecule has 1 heterocycles. The first kappa shape index (κ1) is 17.9. The maximum Gasteiger partial charge on any atom is 0.223 e. The van der Waals surface area contributed by atoms with Crippen molar-refractivity contribution in [2.45, 2.75) is 19.9 Å². The van der Waals surface area contributed by atoms with Crippen molar-refractivity contribution in [2.75, 3.05) is 11.4 Å². The number of nitrogens with zero attached hydrogens (tertiary/aromatic N) is 2. The molecule has 0 unspecified atom stereocenters. The van der Waals surface area contributed by atoms with Gasteiger partial charge in [0.25, 0.3) is 0 Å². The number of pyridine rings is 1. The quantitative estimate of drug-likeness (QED) is 0.872. The minimum Gasteiger partial charge on any atom is -0.350 e. The second-order valence-corrected chi connectivity index (χ2v) is 5.52. The van der Waals surface area contributed by atoms with Crippen molar-refractivity contribution in [1.82, 2.24) is 10.3 Å². The lowest BCUT2D eigenvalue weighted by Crippen LogP contribution is -2.33. The van der Waals surface area contributed by atoms with Crippen LogP contribution in [0, 0.1) is 5.82 Å². The fourth-order valence-electron chi connectivity index (χ4n) is 2.11. The molecule has 24 heavy (non-hydrogen) atoms. The van der Waals surface area contributed by atoms with Gasteiger partial charge in [0, 0.05) is 31.8 Å². The van der Waals surface area contributed by atoms with Crippen LogP contribution in [0.2, 0.25) is 5.02 Å². The van der Waals surface area contributed by atoms with E-state index in [2.05, 4.69) is 10.3 Å². The zero-order valence-electron chi connectivity index (χ0n) is 13.1. The highest BCUT2D eigenvalue weighted by Gasteiger charge is 2.15. The van der Waals surface area contributed by atoms with E-state index in [0.29, 0.717) is 12.2 Å². The third-order valence-corrected chi connectivity index (χ3v) is 3.64. The van der Waals surface area contributed by atoms with E-state index >= 15 is 0 Å². The first-order valence-corrected chi connectivity index (χ1v) is 7.75. The Morgan fingerprint density at radius 1 is 1.29 bits per heavy atom.